The van der Waals surface area contributed by atoms with E-state index in [4.69, 9.17) is 11.6 Å². The van der Waals surface area contributed by atoms with Gasteiger partial charge in [0.15, 0.2) is 0 Å². The first-order valence-electron chi connectivity index (χ1n) is 9.74. The lowest BCUT2D eigenvalue weighted by molar-refractivity contribution is 0.0941. The Labute approximate surface area is 192 Å². The number of nitrogens with zero attached hydrogens (tertiary/aromatic N) is 1. The summed E-state index contributed by atoms with van der Waals surface area (Å²) in [5, 5.41) is 3.29. The zero-order valence-electron chi connectivity index (χ0n) is 17.5. The maximum atomic E-state index is 13.6. The van der Waals surface area contributed by atoms with Gasteiger partial charge in [-0.2, -0.15) is 0 Å². The third kappa shape index (κ3) is 6.06. The van der Waals surface area contributed by atoms with Gasteiger partial charge >= 0.3 is 0 Å². The Hall–Kier alpha value is -2.94. The van der Waals surface area contributed by atoms with Gasteiger partial charge in [-0.15, -0.1) is 0 Å². The number of nitrogens with one attached hydrogen (secondary N) is 2. The van der Waals surface area contributed by atoms with Crippen molar-refractivity contribution in [1.82, 2.24) is 10.2 Å². The second-order valence-electron chi connectivity index (χ2n) is 7.38. The normalized spacial score (nSPS) is 12.4. The van der Waals surface area contributed by atoms with E-state index < -0.39 is 15.9 Å². The number of sulfonamides is 1. The average molecular weight is 476 g/mol. The molecule has 0 radical (unpaired) electrons. The molecule has 0 heterocycles. The molecule has 3 aromatic carbocycles. The molecule has 0 aliphatic heterocycles. The first-order valence-corrected chi connectivity index (χ1v) is 11.6. The third-order valence-corrected chi connectivity index (χ3v) is 6.45. The molecule has 0 bridgehead atoms. The monoisotopic (exact) mass is 475 g/mol. The largest absolute Gasteiger partial charge is 0.350 e. The SMILES string of the molecule is CN(C)C(CNC(=O)c1cccc(S(=O)(=O)Nc2ccc(Cl)cc2)c1)c1cccc(F)c1. The fraction of sp³-hybridized carbons (Fsp3) is 0.174. The van der Waals surface area contributed by atoms with Crippen molar-refractivity contribution in [2.45, 2.75) is 10.9 Å². The molecule has 9 heteroatoms. The molecule has 32 heavy (non-hydrogen) atoms. The summed E-state index contributed by atoms with van der Waals surface area (Å²) in [5.41, 5.74) is 1.27. The molecule has 3 aromatic rings. The van der Waals surface area contributed by atoms with Gasteiger partial charge in [0.25, 0.3) is 15.9 Å². The van der Waals surface area contributed by atoms with Crippen LogP contribution in [0.25, 0.3) is 0 Å². The Kier molecular flexibility index (Phi) is 7.50. The number of anilines is 1. The molecular formula is C23H23ClFN3O3S. The molecule has 0 aliphatic carbocycles. The van der Waals surface area contributed by atoms with Crippen LogP contribution in [0.4, 0.5) is 10.1 Å². The zero-order valence-corrected chi connectivity index (χ0v) is 19.1. The van der Waals surface area contributed by atoms with Crippen molar-refractivity contribution >= 4 is 33.2 Å². The van der Waals surface area contributed by atoms with Gasteiger partial charge in [0.1, 0.15) is 5.82 Å². The summed E-state index contributed by atoms with van der Waals surface area (Å²) >= 11 is 5.83. The van der Waals surface area contributed by atoms with Crippen molar-refractivity contribution < 1.29 is 17.6 Å². The minimum absolute atomic E-state index is 0.0469. The lowest BCUT2D eigenvalue weighted by atomic mass is 10.1. The van der Waals surface area contributed by atoms with Crippen molar-refractivity contribution in [3.05, 3.63) is 94.8 Å². The van der Waals surface area contributed by atoms with E-state index in [0.29, 0.717) is 10.7 Å². The van der Waals surface area contributed by atoms with Crippen molar-refractivity contribution in [2.75, 3.05) is 25.4 Å². The molecule has 0 aliphatic rings. The van der Waals surface area contributed by atoms with Crippen LogP contribution in [0, 0.1) is 5.82 Å². The van der Waals surface area contributed by atoms with Crippen LogP contribution in [0.5, 0.6) is 0 Å². The molecule has 168 valence electrons. The Morgan fingerprint density at radius 2 is 1.72 bits per heavy atom. The Balaban J connectivity index is 1.73. The van der Waals surface area contributed by atoms with E-state index in [9.17, 15) is 17.6 Å². The number of carbonyl (C=O) groups is 1. The van der Waals surface area contributed by atoms with Crippen molar-refractivity contribution in [2.24, 2.45) is 0 Å². The number of likely N-dealkylation sites (N-methyl/N-ethyl adjacent to an activating group) is 1. The van der Waals surface area contributed by atoms with E-state index in [1.165, 1.54) is 36.4 Å². The predicted molar refractivity (Wildman–Crippen MR) is 124 cm³/mol. The molecule has 3 rings (SSSR count). The molecule has 0 saturated carbocycles. The minimum atomic E-state index is -3.90. The Morgan fingerprint density at radius 1 is 1.03 bits per heavy atom. The third-order valence-electron chi connectivity index (χ3n) is 4.82. The highest BCUT2D eigenvalue weighted by Crippen LogP contribution is 2.21. The summed E-state index contributed by atoms with van der Waals surface area (Å²) in [6, 6.07) is 17.9. The van der Waals surface area contributed by atoms with Crippen LogP contribution < -0.4 is 10.0 Å². The van der Waals surface area contributed by atoms with Gasteiger partial charge in [-0.3, -0.25) is 9.52 Å². The van der Waals surface area contributed by atoms with Gasteiger partial charge in [-0.1, -0.05) is 29.8 Å². The summed E-state index contributed by atoms with van der Waals surface area (Å²) in [6.07, 6.45) is 0. The molecule has 2 N–H and O–H groups in total. The summed E-state index contributed by atoms with van der Waals surface area (Å²) in [7, 11) is -0.236. The lowest BCUT2D eigenvalue weighted by Crippen LogP contribution is -2.34. The summed E-state index contributed by atoms with van der Waals surface area (Å²) in [5.74, 6) is -0.788. The molecule has 0 aromatic heterocycles. The lowest BCUT2D eigenvalue weighted by Gasteiger charge is -2.25. The number of hydrogen-bond donors (Lipinski definition) is 2. The smallest absolute Gasteiger partial charge is 0.261 e. The predicted octanol–water partition coefficient (Wildman–Crippen LogP) is 4.31. The molecular weight excluding hydrogens is 453 g/mol. The first kappa shape index (κ1) is 23.7. The van der Waals surface area contributed by atoms with E-state index in [1.54, 1.807) is 36.4 Å². The number of rotatable bonds is 8. The summed E-state index contributed by atoms with van der Waals surface area (Å²) in [6.45, 7) is 0.218. The van der Waals surface area contributed by atoms with Gasteiger partial charge in [-0.05, 0) is 74.3 Å². The fourth-order valence-electron chi connectivity index (χ4n) is 3.14. The Bertz CT molecular complexity index is 1200. The summed E-state index contributed by atoms with van der Waals surface area (Å²) < 4.78 is 41.5. The van der Waals surface area contributed by atoms with E-state index in [1.807, 2.05) is 19.0 Å². The van der Waals surface area contributed by atoms with Crippen LogP contribution in [-0.2, 0) is 10.0 Å². The average Bonchev–Trinajstić information content (AvgIpc) is 2.75. The van der Waals surface area contributed by atoms with Crippen molar-refractivity contribution in [1.29, 1.82) is 0 Å². The number of amides is 1. The zero-order chi connectivity index (χ0) is 23.3. The van der Waals surface area contributed by atoms with E-state index in [-0.39, 0.29) is 28.9 Å². The van der Waals surface area contributed by atoms with Crippen LogP contribution in [0.3, 0.4) is 0 Å². The number of carbonyl (C=O) groups excluding carboxylic acids is 1. The van der Waals surface area contributed by atoms with Gasteiger partial charge in [0.2, 0.25) is 0 Å². The van der Waals surface area contributed by atoms with Crippen LogP contribution in [0.1, 0.15) is 22.0 Å². The van der Waals surface area contributed by atoms with Crippen molar-refractivity contribution in [3.63, 3.8) is 0 Å². The summed E-state index contributed by atoms with van der Waals surface area (Å²) in [4.78, 5) is 14.5. The highest BCUT2D eigenvalue weighted by Gasteiger charge is 2.19. The number of benzene rings is 3. The van der Waals surface area contributed by atoms with Gasteiger partial charge in [0, 0.05) is 22.8 Å². The standard InChI is InChI=1S/C23H23ClFN3O3S/c1-28(2)22(16-5-3-7-19(25)13-16)15-26-23(29)17-6-4-8-21(14-17)32(30,31)27-20-11-9-18(24)10-12-20/h3-14,22,27H,15H2,1-2H3,(H,26,29). The van der Waals surface area contributed by atoms with Gasteiger partial charge in [-0.25, -0.2) is 12.8 Å². The Morgan fingerprint density at radius 3 is 2.38 bits per heavy atom. The molecule has 6 nitrogen and oxygen atoms in total. The van der Waals surface area contributed by atoms with E-state index in [2.05, 4.69) is 10.0 Å². The molecule has 1 atom stereocenters. The van der Waals surface area contributed by atoms with Crippen LogP contribution in [-0.4, -0.2) is 39.9 Å². The van der Waals surface area contributed by atoms with Crippen LogP contribution in [0.2, 0.25) is 5.02 Å². The van der Waals surface area contributed by atoms with E-state index in [0.717, 1.165) is 5.56 Å². The molecule has 1 unspecified atom stereocenters. The van der Waals surface area contributed by atoms with Crippen LogP contribution >= 0.6 is 11.6 Å². The molecule has 0 saturated heterocycles. The highest BCUT2D eigenvalue weighted by atomic mass is 35.5. The van der Waals surface area contributed by atoms with Crippen molar-refractivity contribution in [3.8, 4) is 0 Å². The van der Waals surface area contributed by atoms with Gasteiger partial charge < -0.3 is 10.2 Å². The maximum Gasteiger partial charge on any atom is 0.261 e. The number of hydrogen-bond acceptors (Lipinski definition) is 4. The van der Waals surface area contributed by atoms with E-state index >= 15 is 0 Å². The maximum absolute atomic E-state index is 13.6. The number of halogens is 2. The van der Waals surface area contributed by atoms with Gasteiger partial charge in [0.05, 0.1) is 10.9 Å². The first-order chi connectivity index (χ1) is 15.2. The quantitative estimate of drug-likeness (QED) is 0.508. The highest BCUT2D eigenvalue weighted by molar-refractivity contribution is 7.92. The fourth-order valence-corrected chi connectivity index (χ4v) is 4.37. The molecule has 0 fully saturated rings. The topological polar surface area (TPSA) is 78.5 Å². The second kappa shape index (κ2) is 10.1. The minimum Gasteiger partial charge on any atom is -0.350 e. The second-order valence-corrected chi connectivity index (χ2v) is 9.50. The molecule has 1 amide bonds. The molecule has 0 spiro atoms. The van der Waals surface area contributed by atoms with Crippen LogP contribution in [0.15, 0.2) is 77.7 Å².